The van der Waals surface area contributed by atoms with E-state index in [9.17, 15) is 9.59 Å². The first-order valence-electron chi connectivity index (χ1n) is 6.14. The van der Waals surface area contributed by atoms with Crippen molar-refractivity contribution in [3.8, 4) is 0 Å². The van der Waals surface area contributed by atoms with E-state index in [1.165, 1.54) is 11.1 Å². The maximum Gasteiger partial charge on any atom is 0.230 e. The molecule has 0 spiro atoms. The van der Waals surface area contributed by atoms with Crippen LogP contribution in [0.3, 0.4) is 0 Å². The van der Waals surface area contributed by atoms with E-state index >= 15 is 0 Å². The molecule has 1 aliphatic heterocycles. The van der Waals surface area contributed by atoms with Gasteiger partial charge < -0.3 is 0 Å². The summed E-state index contributed by atoms with van der Waals surface area (Å²) >= 11 is 0. The SMILES string of the molecule is O=C1CC(C2CCc3ccccc3C2)C(=O)N1. The van der Waals surface area contributed by atoms with Gasteiger partial charge in [-0.2, -0.15) is 0 Å². The molecule has 1 N–H and O–H groups in total. The monoisotopic (exact) mass is 229 g/mol. The van der Waals surface area contributed by atoms with E-state index in [0.717, 1.165) is 19.3 Å². The van der Waals surface area contributed by atoms with Crippen molar-refractivity contribution in [1.82, 2.24) is 5.32 Å². The molecule has 1 saturated heterocycles. The van der Waals surface area contributed by atoms with Crippen LogP contribution >= 0.6 is 0 Å². The topological polar surface area (TPSA) is 46.2 Å². The van der Waals surface area contributed by atoms with Gasteiger partial charge in [0, 0.05) is 6.42 Å². The van der Waals surface area contributed by atoms with Crippen molar-refractivity contribution >= 4 is 11.8 Å². The Labute approximate surface area is 100 Å². The number of carbonyl (C=O) groups is 2. The molecule has 2 aliphatic rings. The molecule has 2 atom stereocenters. The van der Waals surface area contributed by atoms with Crippen molar-refractivity contribution in [3.05, 3.63) is 35.4 Å². The number of imide groups is 1. The molecule has 3 heteroatoms. The molecule has 2 unspecified atom stereocenters. The third kappa shape index (κ3) is 1.86. The predicted octanol–water partition coefficient (Wildman–Crippen LogP) is 1.45. The molecule has 1 fully saturated rings. The van der Waals surface area contributed by atoms with E-state index in [0.29, 0.717) is 12.3 Å². The summed E-state index contributed by atoms with van der Waals surface area (Å²) < 4.78 is 0. The van der Waals surface area contributed by atoms with Crippen LogP contribution < -0.4 is 5.32 Å². The van der Waals surface area contributed by atoms with Crippen molar-refractivity contribution in [2.75, 3.05) is 0 Å². The predicted molar refractivity (Wildman–Crippen MR) is 63.2 cm³/mol. The van der Waals surface area contributed by atoms with Gasteiger partial charge in [0.2, 0.25) is 11.8 Å². The quantitative estimate of drug-likeness (QED) is 0.741. The zero-order chi connectivity index (χ0) is 11.8. The van der Waals surface area contributed by atoms with Crippen molar-refractivity contribution in [2.24, 2.45) is 11.8 Å². The van der Waals surface area contributed by atoms with Crippen molar-refractivity contribution in [2.45, 2.75) is 25.7 Å². The van der Waals surface area contributed by atoms with Crippen LogP contribution in [0.4, 0.5) is 0 Å². The fourth-order valence-electron chi connectivity index (χ4n) is 3.02. The Hall–Kier alpha value is -1.64. The summed E-state index contributed by atoms with van der Waals surface area (Å²) in [5, 5.41) is 2.41. The molecule has 1 aliphatic carbocycles. The second-order valence-corrected chi connectivity index (χ2v) is 4.99. The maximum atomic E-state index is 11.7. The number of hydrogen-bond acceptors (Lipinski definition) is 2. The molecule has 1 aromatic carbocycles. The minimum Gasteiger partial charge on any atom is -0.296 e. The maximum absolute atomic E-state index is 11.7. The first-order valence-corrected chi connectivity index (χ1v) is 6.14. The van der Waals surface area contributed by atoms with E-state index < -0.39 is 0 Å². The number of rotatable bonds is 1. The highest BCUT2D eigenvalue weighted by atomic mass is 16.2. The average molecular weight is 229 g/mol. The standard InChI is InChI=1S/C14H15NO2/c16-13-8-12(14(17)15-13)11-6-5-9-3-1-2-4-10(9)7-11/h1-4,11-12H,5-8H2,(H,15,16,17). The number of carbonyl (C=O) groups excluding carboxylic acids is 2. The molecule has 17 heavy (non-hydrogen) atoms. The highest BCUT2D eigenvalue weighted by molar-refractivity contribution is 6.03. The number of aryl methyl sites for hydroxylation is 1. The first-order chi connectivity index (χ1) is 8.24. The number of amides is 2. The van der Waals surface area contributed by atoms with Gasteiger partial charge in [0.25, 0.3) is 0 Å². The van der Waals surface area contributed by atoms with E-state index in [1.54, 1.807) is 0 Å². The van der Waals surface area contributed by atoms with Crippen LogP contribution in [-0.2, 0) is 22.4 Å². The Morgan fingerprint density at radius 1 is 1.06 bits per heavy atom. The van der Waals surface area contributed by atoms with Crippen LogP contribution in [0.2, 0.25) is 0 Å². The Bertz CT molecular complexity index is 481. The van der Waals surface area contributed by atoms with Crippen molar-refractivity contribution in [1.29, 1.82) is 0 Å². The summed E-state index contributed by atoms with van der Waals surface area (Å²) in [7, 11) is 0. The smallest absolute Gasteiger partial charge is 0.230 e. The second-order valence-electron chi connectivity index (χ2n) is 4.99. The summed E-state index contributed by atoms with van der Waals surface area (Å²) in [6, 6.07) is 8.40. The minimum absolute atomic E-state index is 0.0700. The lowest BCUT2D eigenvalue weighted by Crippen LogP contribution is -2.29. The Morgan fingerprint density at radius 2 is 1.82 bits per heavy atom. The fourth-order valence-corrected chi connectivity index (χ4v) is 3.02. The summed E-state index contributed by atoms with van der Waals surface area (Å²) in [6.07, 6.45) is 3.36. The van der Waals surface area contributed by atoms with Crippen LogP contribution in [0, 0.1) is 11.8 Å². The van der Waals surface area contributed by atoms with Gasteiger partial charge in [-0.15, -0.1) is 0 Å². The van der Waals surface area contributed by atoms with Crippen molar-refractivity contribution in [3.63, 3.8) is 0 Å². The normalized spacial score (nSPS) is 27.8. The zero-order valence-corrected chi connectivity index (χ0v) is 9.61. The number of hydrogen-bond donors (Lipinski definition) is 1. The molecule has 1 aromatic rings. The van der Waals surface area contributed by atoms with Gasteiger partial charge in [0.05, 0.1) is 5.92 Å². The molecule has 88 valence electrons. The molecule has 0 bridgehead atoms. The Balaban J connectivity index is 1.80. The molecular formula is C14H15NO2. The minimum atomic E-state index is -0.112. The first kappa shape index (κ1) is 10.5. The van der Waals surface area contributed by atoms with Gasteiger partial charge in [0.1, 0.15) is 0 Å². The molecule has 3 nitrogen and oxygen atoms in total. The average Bonchev–Trinajstić information content (AvgIpc) is 2.68. The van der Waals surface area contributed by atoms with Gasteiger partial charge in [-0.05, 0) is 36.3 Å². The molecule has 0 radical (unpaired) electrons. The van der Waals surface area contributed by atoms with Gasteiger partial charge in [-0.25, -0.2) is 0 Å². The number of benzene rings is 1. The van der Waals surface area contributed by atoms with Gasteiger partial charge in [-0.3, -0.25) is 14.9 Å². The summed E-state index contributed by atoms with van der Waals surface area (Å²) in [6.45, 7) is 0. The highest BCUT2D eigenvalue weighted by Crippen LogP contribution is 2.33. The number of fused-ring (bicyclic) bond motifs is 1. The molecule has 0 saturated carbocycles. The fraction of sp³-hybridized carbons (Fsp3) is 0.429. The van der Waals surface area contributed by atoms with E-state index in [-0.39, 0.29) is 17.7 Å². The van der Waals surface area contributed by atoms with Crippen LogP contribution in [0.1, 0.15) is 24.0 Å². The Morgan fingerprint density at radius 3 is 2.53 bits per heavy atom. The summed E-state index contributed by atoms with van der Waals surface area (Å²) in [5.41, 5.74) is 2.74. The lowest BCUT2D eigenvalue weighted by atomic mass is 9.76. The van der Waals surface area contributed by atoms with Crippen LogP contribution in [-0.4, -0.2) is 11.8 Å². The van der Waals surface area contributed by atoms with Crippen molar-refractivity contribution < 1.29 is 9.59 Å². The third-order valence-corrected chi connectivity index (χ3v) is 3.96. The van der Waals surface area contributed by atoms with Gasteiger partial charge >= 0.3 is 0 Å². The van der Waals surface area contributed by atoms with Crippen LogP contribution in [0.5, 0.6) is 0 Å². The van der Waals surface area contributed by atoms with Crippen LogP contribution in [0.25, 0.3) is 0 Å². The lowest BCUT2D eigenvalue weighted by molar-refractivity contribution is -0.126. The van der Waals surface area contributed by atoms with E-state index in [4.69, 9.17) is 0 Å². The zero-order valence-electron chi connectivity index (χ0n) is 9.61. The highest BCUT2D eigenvalue weighted by Gasteiger charge is 2.37. The lowest BCUT2D eigenvalue weighted by Gasteiger charge is -2.27. The second kappa shape index (κ2) is 3.99. The largest absolute Gasteiger partial charge is 0.296 e. The Kier molecular flexibility index (Phi) is 2.46. The molecule has 0 aromatic heterocycles. The molecule has 3 rings (SSSR count). The third-order valence-electron chi connectivity index (χ3n) is 3.96. The van der Waals surface area contributed by atoms with Gasteiger partial charge in [0.15, 0.2) is 0 Å². The van der Waals surface area contributed by atoms with E-state index in [1.807, 2.05) is 6.07 Å². The summed E-state index contributed by atoms with van der Waals surface area (Å²) in [4.78, 5) is 22.9. The molecule has 2 amide bonds. The van der Waals surface area contributed by atoms with Crippen LogP contribution in [0.15, 0.2) is 24.3 Å². The van der Waals surface area contributed by atoms with E-state index in [2.05, 4.69) is 23.5 Å². The molecule has 1 heterocycles. The van der Waals surface area contributed by atoms with Gasteiger partial charge in [-0.1, -0.05) is 24.3 Å². The number of nitrogens with one attached hydrogen (secondary N) is 1. The molecular weight excluding hydrogens is 214 g/mol. The summed E-state index contributed by atoms with van der Waals surface area (Å²) in [5.74, 6) is 0.0467.